The molecule has 0 spiro atoms. The first-order valence-corrected chi connectivity index (χ1v) is 14.5. The van der Waals surface area contributed by atoms with Crippen molar-refractivity contribution in [3.05, 3.63) is 69.6 Å². The second-order valence-electron chi connectivity index (χ2n) is 11.0. The molecule has 2 N–H and O–H groups in total. The zero-order chi connectivity index (χ0) is 26.7. The lowest BCUT2D eigenvalue weighted by Crippen LogP contribution is -2.49. The van der Waals surface area contributed by atoms with Crippen LogP contribution >= 0.6 is 11.8 Å². The van der Waals surface area contributed by atoms with Crippen LogP contribution in [0.1, 0.15) is 47.6 Å². The van der Waals surface area contributed by atoms with E-state index in [0.29, 0.717) is 19.4 Å². The zero-order valence-corrected chi connectivity index (χ0v) is 23.5. The third kappa shape index (κ3) is 6.20. The molecular weight excluding hydrogens is 498 g/mol. The number of carbonyl (C=O) groups is 1. The summed E-state index contributed by atoms with van der Waals surface area (Å²) in [5, 5.41) is 15.4. The molecule has 204 valence electrons. The summed E-state index contributed by atoms with van der Waals surface area (Å²) in [4.78, 5) is 16.4. The van der Waals surface area contributed by atoms with Crippen LogP contribution in [0, 0.1) is 19.3 Å². The number of aliphatic carboxylic acids is 1. The molecule has 0 radical (unpaired) electrons. The second kappa shape index (κ2) is 11.7. The van der Waals surface area contributed by atoms with Gasteiger partial charge >= 0.3 is 5.97 Å². The molecule has 0 saturated carbocycles. The quantitative estimate of drug-likeness (QED) is 0.497. The van der Waals surface area contributed by atoms with E-state index in [-0.39, 0.29) is 5.50 Å². The number of piperidine rings is 1. The standard InChI is InChI=1S/C30H39N3O4S/c1-21-4-7-27(37-19-24-6-5-23(17-22(24)2)18-32-12-14-36-15-13-32)25(16-21)26-20-38-29(31-26)33-10-8-30(3,9-11-33)28(34)35/h4-7,16-17,20,29,31H,8-15,18-19H2,1-3H3,(H,34,35). The summed E-state index contributed by atoms with van der Waals surface area (Å²) in [5.74, 6) is 0.177. The van der Waals surface area contributed by atoms with Crippen LogP contribution in [-0.2, 0) is 22.7 Å². The predicted molar refractivity (Wildman–Crippen MR) is 152 cm³/mol. The molecule has 2 aromatic rings. The highest BCUT2D eigenvalue weighted by molar-refractivity contribution is 8.03. The Bertz CT molecular complexity index is 1190. The van der Waals surface area contributed by atoms with Gasteiger partial charge in [-0.05, 0) is 67.8 Å². The molecule has 3 aliphatic heterocycles. The third-order valence-corrected chi connectivity index (χ3v) is 9.11. The van der Waals surface area contributed by atoms with Crippen molar-refractivity contribution in [3.8, 4) is 5.75 Å². The van der Waals surface area contributed by atoms with E-state index in [0.717, 1.165) is 62.9 Å². The average molecular weight is 538 g/mol. The van der Waals surface area contributed by atoms with Crippen LogP contribution in [-0.4, -0.2) is 65.8 Å². The van der Waals surface area contributed by atoms with Gasteiger partial charge in [-0.1, -0.05) is 41.6 Å². The van der Waals surface area contributed by atoms with Crippen molar-refractivity contribution in [1.29, 1.82) is 0 Å². The van der Waals surface area contributed by atoms with E-state index in [1.165, 1.54) is 22.3 Å². The number of carboxylic acid groups (broad SMARTS) is 1. The van der Waals surface area contributed by atoms with Crippen LogP contribution in [0.5, 0.6) is 5.75 Å². The topological polar surface area (TPSA) is 74.3 Å². The van der Waals surface area contributed by atoms with Crippen LogP contribution in [0.15, 0.2) is 41.8 Å². The molecule has 5 rings (SSSR count). The Morgan fingerprint density at radius 3 is 2.61 bits per heavy atom. The third-order valence-electron chi connectivity index (χ3n) is 8.07. The molecule has 0 amide bonds. The van der Waals surface area contributed by atoms with E-state index in [2.05, 4.69) is 70.8 Å². The van der Waals surface area contributed by atoms with Crippen LogP contribution in [0.25, 0.3) is 5.70 Å². The molecule has 38 heavy (non-hydrogen) atoms. The number of hydrogen-bond donors (Lipinski definition) is 2. The van der Waals surface area contributed by atoms with Gasteiger partial charge in [0.15, 0.2) is 0 Å². The van der Waals surface area contributed by atoms with Gasteiger partial charge in [0.25, 0.3) is 0 Å². The summed E-state index contributed by atoms with van der Waals surface area (Å²) < 4.78 is 11.9. The molecule has 2 saturated heterocycles. The SMILES string of the molecule is Cc1ccc(OCc2ccc(CN3CCOCC3)cc2C)c(C2=CSC(N3CCC(C)(C(=O)O)CC3)N2)c1. The van der Waals surface area contributed by atoms with E-state index >= 15 is 0 Å². The fourth-order valence-electron chi connectivity index (χ4n) is 5.29. The number of nitrogens with zero attached hydrogens (tertiary/aromatic N) is 2. The Balaban J connectivity index is 1.21. The Morgan fingerprint density at radius 2 is 1.89 bits per heavy atom. The minimum atomic E-state index is -0.688. The Morgan fingerprint density at radius 1 is 1.13 bits per heavy atom. The number of rotatable bonds is 8. The lowest BCUT2D eigenvalue weighted by molar-refractivity contribution is -0.150. The number of benzene rings is 2. The minimum absolute atomic E-state index is 0.109. The lowest BCUT2D eigenvalue weighted by Gasteiger charge is -2.39. The Hall–Kier alpha value is -2.52. The summed E-state index contributed by atoms with van der Waals surface area (Å²) >= 11 is 1.75. The number of carboxylic acids is 1. The maximum atomic E-state index is 11.6. The molecule has 1 atom stereocenters. The normalized spacial score (nSPS) is 22.1. The van der Waals surface area contributed by atoms with Crippen molar-refractivity contribution >= 4 is 23.4 Å². The van der Waals surface area contributed by atoms with Gasteiger partial charge in [0.05, 0.1) is 24.3 Å². The second-order valence-corrected chi connectivity index (χ2v) is 12.0. The summed E-state index contributed by atoms with van der Waals surface area (Å²) in [7, 11) is 0. The fourth-order valence-corrected chi connectivity index (χ4v) is 6.33. The largest absolute Gasteiger partial charge is 0.488 e. The van der Waals surface area contributed by atoms with E-state index in [9.17, 15) is 9.90 Å². The van der Waals surface area contributed by atoms with Crippen molar-refractivity contribution in [2.45, 2.75) is 52.3 Å². The first-order valence-electron chi connectivity index (χ1n) is 13.5. The molecule has 1 unspecified atom stereocenters. The van der Waals surface area contributed by atoms with Gasteiger partial charge in [-0.25, -0.2) is 0 Å². The van der Waals surface area contributed by atoms with Crippen LogP contribution < -0.4 is 10.1 Å². The van der Waals surface area contributed by atoms with Crippen molar-refractivity contribution in [1.82, 2.24) is 15.1 Å². The maximum absolute atomic E-state index is 11.6. The van der Waals surface area contributed by atoms with E-state index in [1.54, 1.807) is 11.8 Å². The van der Waals surface area contributed by atoms with Crippen LogP contribution in [0.3, 0.4) is 0 Å². The molecule has 3 aliphatic rings. The number of morpholine rings is 1. The Labute approximate surface area is 230 Å². The van der Waals surface area contributed by atoms with Gasteiger partial charge in [0, 0.05) is 38.3 Å². The predicted octanol–water partition coefficient (Wildman–Crippen LogP) is 4.82. The van der Waals surface area contributed by atoms with Gasteiger partial charge < -0.3 is 19.9 Å². The summed E-state index contributed by atoms with van der Waals surface area (Å²) in [6.45, 7) is 12.7. The lowest BCUT2D eigenvalue weighted by atomic mass is 9.80. The highest BCUT2D eigenvalue weighted by Crippen LogP contribution is 2.38. The maximum Gasteiger partial charge on any atom is 0.309 e. The first-order chi connectivity index (χ1) is 18.3. The number of thioether (sulfide) groups is 1. The molecule has 3 heterocycles. The highest BCUT2D eigenvalue weighted by atomic mass is 32.2. The highest BCUT2D eigenvalue weighted by Gasteiger charge is 2.39. The number of nitrogens with one attached hydrogen (secondary N) is 1. The van der Waals surface area contributed by atoms with E-state index < -0.39 is 11.4 Å². The molecule has 2 aromatic carbocycles. The van der Waals surface area contributed by atoms with Crippen molar-refractivity contribution < 1.29 is 19.4 Å². The molecule has 8 heteroatoms. The number of aryl methyl sites for hydroxylation is 2. The van der Waals surface area contributed by atoms with Gasteiger partial charge in [-0.2, -0.15) is 0 Å². The summed E-state index contributed by atoms with van der Waals surface area (Å²) in [6, 6.07) is 13.0. The number of ether oxygens (including phenoxy) is 2. The molecule has 0 aliphatic carbocycles. The van der Waals surface area contributed by atoms with Gasteiger partial charge in [-0.15, -0.1) is 0 Å². The fraction of sp³-hybridized carbons (Fsp3) is 0.500. The van der Waals surface area contributed by atoms with Crippen molar-refractivity contribution in [2.24, 2.45) is 5.41 Å². The monoisotopic (exact) mass is 537 g/mol. The van der Waals surface area contributed by atoms with E-state index in [1.807, 2.05) is 6.92 Å². The van der Waals surface area contributed by atoms with Gasteiger partial charge in [-0.3, -0.25) is 14.6 Å². The van der Waals surface area contributed by atoms with Gasteiger partial charge in [0.1, 0.15) is 17.9 Å². The number of likely N-dealkylation sites (tertiary alicyclic amines) is 1. The molecule has 0 aromatic heterocycles. The van der Waals surface area contributed by atoms with Crippen LogP contribution in [0.2, 0.25) is 0 Å². The smallest absolute Gasteiger partial charge is 0.309 e. The van der Waals surface area contributed by atoms with Crippen molar-refractivity contribution in [2.75, 3.05) is 39.4 Å². The minimum Gasteiger partial charge on any atom is -0.488 e. The Kier molecular flexibility index (Phi) is 8.33. The summed E-state index contributed by atoms with van der Waals surface area (Å²) in [6.07, 6.45) is 1.33. The average Bonchev–Trinajstić information content (AvgIpc) is 3.40. The van der Waals surface area contributed by atoms with Gasteiger partial charge in [0.2, 0.25) is 0 Å². The first kappa shape index (κ1) is 27.1. The molecule has 0 bridgehead atoms. The van der Waals surface area contributed by atoms with Crippen molar-refractivity contribution in [3.63, 3.8) is 0 Å². The van der Waals surface area contributed by atoms with Crippen LogP contribution in [0.4, 0.5) is 0 Å². The number of hydrogen-bond acceptors (Lipinski definition) is 7. The summed E-state index contributed by atoms with van der Waals surface area (Å²) in [5.41, 5.74) is 6.56. The molecule has 2 fully saturated rings. The zero-order valence-electron chi connectivity index (χ0n) is 22.7. The molecule has 7 nitrogen and oxygen atoms in total. The molecular formula is C30H39N3O4S. The van der Waals surface area contributed by atoms with E-state index in [4.69, 9.17) is 9.47 Å².